The van der Waals surface area contributed by atoms with Crippen molar-refractivity contribution in [2.45, 2.75) is 51.2 Å². The van der Waals surface area contributed by atoms with E-state index in [0.717, 1.165) is 37.4 Å². The fraction of sp³-hybridized carbons (Fsp3) is 0.577. The number of morpholine rings is 1. The van der Waals surface area contributed by atoms with E-state index in [1.807, 2.05) is 46.2 Å². The van der Waals surface area contributed by atoms with Crippen LogP contribution >= 0.6 is 0 Å². The van der Waals surface area contributed by atoms with Crippen LogP contribution in [0.15, 0.2) is 41.3 Å². The largest absolute Gasteiger partial charge is 0.444 e. The summed E-state index contributed by atoms with van der Waals surface area (Å²) in [6.07, 6.45) is 3.40. The summed E-state index contributed by atoms with van der Waals surface area (Å²) in [5.74, 6) is 1.21. The number of carbonyl (C=O) groups excluding carboxylic acids is 2. The quantitative estimate of drug-likeness (QED) is 0.656. The molecule has 0 aliphatic carbocycles. The first-order valence-corrected chi connectivity index (χ1v) is 12.6. The first-order valence-electron chi connectivity index (χ1n) is 12.6. The Morgan fingerprint density at radius 1 is 1.08 bits per heavy atom. The van der Waals surface area contributed by atoms with Crippen molar-refractivity contribution < 1.29 is 19.1 Å². The zero-order valence-corrected chi connectivity index (χ0v) is 21.7. The SMILES string of the molecule is CN1C=C(N2CCOCC2)N=C(Nc2ccc(C3CCN(C(=O)OC(C)(C)C)CC3)cc2)C1C(N)=O. The number of likely N-dealkylation sites (N-methyl/N-ethyl adjacent to an activating group) is 1. The summed E-state index contributed by atoms with van der Waals surface area (Å²) in [6, 6.07) is 7.53. The Labute approximate surface area is 213 Å². The van der Waals surface area contributed by atoms with Gasteiger partial charge in [0.25, 0.3) is 0 Å². The third kappa shape index (κ3) is 6.29. The number of amides is 2. The summed E-state index contributed by atoms with van der Waals surface area (Å²) >= 11 is 0. The molecule has 3 N–H and O–H groups in total. The van der Waals surface area contributed by atoms with E-state index in [1.165, 1.54) is 5.56 Å². The molecule has 2 amide bonds. The van der Waals surface area contributed by atoms with Crippen molar-refractivity contribution in [1.82, 2.24) is 14.7 Å². The fourth-order valence-electron chi connectivity index (χ4n) is 4.75. The number of anilines is 1. The number of benzene rings is 1. The van der Waals surface area contributed by atoms with E-state index in [9.17, 15) is 9.59 Å². The van der Waals surface area contributed by atoms with Crippen molar-refractivity contribution in [2.75, 3.05) is 51.8 Å². The van der Waals surface area contributed by atoms with Crippen molar-refractivity contribution in [2.24, 2.45) is 10.7 Å². The topological polar surface area (TPSA) is 113 Å². The van der Waals surface area contributed by atoms with Crippen LogP contribution in [0.25, 0.3) is 0 Å². The Bertz CT molecular complexity index is 1000. The molecule has 0 radical (unpaired) electrons. The minimum Gasteiger partial charge on any atom is -0.444 e. The van der Waals surface area contributed by atoms with E-state index < -0.39 is 17.6 Å². The number of ether oxygens (including phenoxy) is 2. The van der Waals surface area contributed by atoms with Gasteiger partial charge in [0.15, 0.2) is 6.04 Å². The van der Waals surface area contributed by atoms with Crippen molar-refractivity contribution >= 4 is 23.5 Å². The van der Waals surface area contributed by atoms with Gasteiger partial charge < -0.3 is 35.2 Å². The smallest absolute Gasteiger partial charge is 0.410 e. The molecule has 4 rings (SSSR count). The number of rotatable bonds is 4. The molecule has 10 nitrogen and oxygen atoms in total. The van der Waals surface area contributed by atoms with E-state index in [4.69, 9.17) is 20.2 Å². The number of primary amides is 1. The molecule has 0 spiro atoms. The molecule has 196 valence electrons. The second-order valence-electron chi connectivity index (χ2n) is 10.5. The molecule has 1 unspecified atom stereocenters. The lowest BCUT2D eigenvalue weighted by atomic mass is 9.89. The number of hydrogen-bond acceptors (Lipinski definition) is 8. The average molecular weight is 499 g/mol. The third-order valence-electron chi connectivity index (χ3n) is 6.63. The molecule has 10 heteroatoms. The number of hydrogen-bond donors (Lipinski definition) is 2. The summed E-state index contributed by atoms with van der Waals surface area (Å²) in [6.45, 7) is 9.81. The minimum absolute atomic E-state index is 0.242. The van der Waals surface area contributed by atoms with Crippen LogP contribution in [0.3, 0.4) is 0 Å². The number of nitrogens with two attached hydrogens (primary N) is 1. The normalized spacial score (nSPS) is 21.6. The van der Waals surface area contributed by atoms with Crippen molar-refractivity contribution in [3.8, 4) is 0 Å². The van der Waals surface area contributed by atoms with Gasteiger partial charge in [0, 0.05) is 45.1 Å². The Balaban J connectivity index is 1.40. The zero-order valence-electron chi connectivity index (χ0n) is 21.7. The van der Waals surface area contributed by atoms with Gasteiger partial charge in [-0.15, -0.1) is 0 Å². The molecule has 3 heterocycles. The van der Waals surface area contributed by atoms with Gasteiger partial charge in [0.05, 0.1) is 13.2 Å². The van der Waals surface area contributed by atoms with Crippen LogP contribution in [0.1, 0.15) is 45.1 Å². The van der Waals surface area contributed by atoms with Crippen LogP contribution in [0.5, 0.6) is 0 Å². The summed E-state index contributed by atoms with van der Waals surface area (Å²) in [5.41, 5.74) is 7.30. The van der Waals surface area contributed by atoms with Gasteiger partial charge in [-0.3, -0.25) is 4.79 Å². The summed E-state index contributed by atoms with van der Waals surface area (Å²) in [7, 11) is 1.83. The maximum absolute atomic E-state index is 12.3. The van der Waals surface area contributed by atoms with Gasteiger partial charge in [-0.25, -0.2) is 9.79 Å². The van der Waals surface area contributed by atoms with Crippen molar-refractivity contribution in [1.29, 1.82) is 0 Å². The zero-order chi connectivity index (χ0) is 25.9. The van der Waals surface area contributed by atoms with Gasteiger partial charge in [-0.05, 0) is 57.2 Å². The standard InChI is InChI=1S/C26H38N6O4/c1-26(2,3)36-25(34)32-11-9-19(10-12-32)18-5-7-20(8-6-18)28-24-22(23(27)33)30(4)17-21(29-24)31-13-15-35-16-14-31/h5-8,17,19,22H,9-16H2,1-4H3,(H2,27,33)(H,28,29). The Morgan fingerprint density at radius 2 is 1.72 bits per heavy atom. The average Bonchev–Trinajstić information content (AvgIpc) is 2.83. The monoisotopic (exact) mass is 498 g/mol. The van der Waals surface area contributed by atoms with Crippen molar-refractivity contribution in [3.63, 3.8) is 0 Å². The van der Waals surface area contributed by atoms with E-state index in [0.29, 0.717) is 38.1 Å². The fourth-order valence-corrected chi connectivity index (χ4v) is 4.75. The van der Waals surface area contributed by atoms with Crippen LogP contribution in [-0.4, -0.2) is 90.6 Å². The van der Waals surface area contributed by atoms with E-state index in [2.05, 4.69) is 22.3 Å². The van der Waals surface area contributed by atoms with E-state index >= 15 is 0 Å². The molecule has 3 aliphatic rings. The molecule has 2 fully saturated rings. The van der Waals surface area contributed by atoms with Crippen LogP contribution in [0, 0.1) is 0 Å². The van der Waals surface area contributed by atoms with Gasteiger partial charge >= 0.3 is 6.09 Å². The predicted molar refractivity (Wildman–Crippen MR) is 139 cm³/mol. The highest BCUT2D eigenvalue weighted by atomic mass is 16.6. The number of likely N-dealkylation sites (tertiary alicyclic amines) is 1. The molecule has 0 saturated carbocycles. The van der Waals surface area contributed by atoms with Crippen LogP contribution in [0.4, 0.5) is 10.5 Å². The highest BCUT2D eigenvalue weighted by Gasteiger charge is 2.31. The Kier molecular flexibility index (Phi) is 7.73. The van der Waals surface area contributed by atoms with E-state index in [-0.39, 0.29) is 6.09 Å². The number of aliphatic imine (C=N–C) groups is 1. The number of piperidine rings is 1. The number of nitrogens with zero attached hydrogens (tertiary/aromatic N) is 4. The second-order valence-corrected chi connectivity index (χ2v) is 10.5. The van der Waals surface area contributed by atoms with Gasteiger partial charge in [0.1, 0.15) is 17.3 Å². The maximum atomic E-state index is 12.3. The molecule has 3 aliphatic heterocycles. The molecule has 1 aromatic carbocycles. The highest BCUT2D eigenvalue weighted by molar-refractivity contribution is 6.13. The van der Waals surface area contributed by atoms with E-state index in [1.54, 1.807) is 9.80 Å². The Hall–Kier alpha value is -3.27. The van der Waals surface area contributed by atoms with Gasteiger partial charge in [-0.2, -0.15) is 0 Å². The summed E-state index contributed by atoms with van der Waals surface area (Å²) in [4.78, 5) is 35.1. The van der Waals surface area contributed by atoms with Gasteiger partial charge in [0.2, 0.25) is 5.91 Å². The molecule has 1 atom stereocenters. The first-order chi connectivity index (χ1) is 17.1. The van der Waals surface area contributed by atoms with Gasteiger partial charge in [-0.1, -0.05) is 12.1 Å². The van der Waals surface area contributed by atoms with Crippen molar-refractivity contribution in [3.05, 3.63) is 41.8 Å². The van der Waals surface area contributed by atoms with Crippen LogP contribution in [-0.2, 0) is 14.3 Å². The summed E-state index contributed by atoms with van der Waals surface area (Å²) < 4.78 is 11.0. The Morgan fingerprint density at radius 3 is 2.31 bits per heavy atom. The molecule has 36 heavy (non-hydrogen) atoms. The molecule has 1 aromatic rings. The predicted octanol–water partition coefficient (Wildman–Crippen LogP) is 2.54. The molecule has 0 aromatic heterocycles. The van der Waals surface area contributed by atoms with Crippen LogP contribution < -0.4 is 11.1 Å². The highest BCUT2D eigenvalue weighted by Crippen LogP contribution is 2.30. The lowest BCUT2D eigenvalue weighted by Gasteiger charge is -2.35. The number of nitrogens with one attached hydrogen (secondary N) is 1. The molecular weight excluding hydrogens is 460 g/mol. The van der Waals surface area contributed by atoms with Crippen LogP contribution in [0.2, 0.25) is 0 Å². The molecule has 0 bridgehead atoms. The molecular formula is C26H38N6O4. The minimum atomic E-state index is -0.674. The summed E-state index contributed by atoms with van der Waals surface area (Å²) in [5, 5.41) is 3.32. The lowest BCUT2D eigenvalue weighted by Crippen LogP contribution is -2.51. The maximum Gasteiger partial charge on any atom is 0.410 e. The molecule has 2 saturated heterocycles. The third-order valence-corrected chi connectivity index (χ3v) is 6.63. The number of amidine groups is 1. The first kappa shape index (κ1) is 25.8. The number of carbonyl (C=O) groups is 2. The lowest BCUT2D eigenvalue weighted by molar-refractivity contribution is -0.120. The second kappa shape index (κ2) is 10.8.